The molecule has 0 spiro atoms. The van der Waals surface area contributed by atoms with Gasteiger partial charge in [-0.15, -0.1) is 0 Å². The molecule has 0 bridgehead atoms. The second-order valence-electron chi connectivity index (χ2n) is 8.90. The molecule has 1 aromatic carbocycles. The number of piperazine rings is 1. The Kier molecular flexibility index (Phi) is 6.04. The van der Waals surface area contributed by atoms with E-state index in [0.717, 1.165) is 58.5 Å². The lowest BCUT2D eigenvalue weighted by Crippen LogP contribution is -2.64. The number of hydrogen-bond donors (Lipinski definition) is 1. The van der Waals surface area contributed by atoms with Crippen molar-refractivity contribution in [2.45, 2.75) is 50.6 Å². The first kappa shape index (κ1) is 19.9. The Labute approximate surface area is 170 Å². The van der Waals surface area contributed by atoms with Crippen molar-refractivity contribution in [3.63, 3.8) is 0 Å². The maximum absolute atomic E-state index is 13.6. The summed E-state index contributed by atoms with van der Waals surface area (Å²) in [6, 6.07) is 9.26. The topological polar surface area (TPSA) is 38.8 Å². The van der Waals surface area contributed by atoms with Crippen molar-refractivity contribution >= 4 is 5.91 Å². The average molecular weight is 385 g/mol. The summed E-state index contributed by atoms with van der Waals surface area (Å²) in [5, 5.41) is 3.35. The lowest BCUT2D eigenvalue weighted by molar-refractivity contribution is -0.134. The first-order valence-electron chi connectivity index (χ1n) is 11.1. The Hall–Kier alpha value is -1.43. The number of carbonyl (C=O) groups is 1. The van der Waals surface area contributed by atoms with Crippen molar-refractivity contribution in [1.29, 1.82) is 0 Å². The highest BCUT2D eigenvalue weighted by Gasteiger charge is 2.48. The monoisotopic (exact) mass is 384 g/mol. The number of fused-ring (bicyclic) bond motifs is 1. The minimum absolute atomic E-state index is 0.245. The van der Waals surface area contributed by atoms with Crippen LogP contribution in [0.3, 0.4) is 0 Å². The largest absolute Gasteiger partial charge is 0.354 e. The third-order valence-corrected chi connectivity index (χ3v) is 7.37. The molecular weight excluding hydrogens is 348 g/mol. The standard InChI is InChI=1S/C23H36N4O/c1-3-26-13-15-27(16-14-26)23(17-19-7-4-5-8-20(19)18-23)22(28)24-11-10-21-9-6-12-25(21)2/h4-5,7-8,21H,3,6,9-18H2,1-2H3,(H,24,28)/t21-/m0/s1. The number of rotatable bonds is 6. The lowest BCUT2D eigenvalue weighted by Gasteiger charge is -2.44. The Morgan fingerprint density at radius 1 is 1.11 bits per heavy atom. The van der Waals surface area contributed by atoms with E-state index >= 15 is 0 Å². The Balaban J connectivity index is 1.45. The summed E-state index contributed by atoms with van der Waals surface area (Å²) in [6.07, 6.45) is 5.32. The second-order valence-corrected chi connectivity index (χ2v) is 8.90. The van der Waals surface area contributed by atoms with Crippen LogP contribution in [0.2, 0.25) is 0 Å². The SMILES string of the molecule is CCN1CCN(C2(C(=O)NCC[C@@H]3CCCN3C)Cc3ccccc3C2)CC1. The van der Waals surface area contributed by atoms with Gasteiger partial charge in [-0.25, -0.2) is 0 Å². The van der Waals surface area contributed by atoms with Gasteiger partial charge < -0.3 is 15.1 Å². The van der Waals surface area contributed by atoms with Crippen LogP contribution in [0.1, 0.15) is 37.3 Å². The molecule has 0 radical (unpaired) electrons. The molecule has 28 heavy (non-hydrogen) atoms. The number of likely N-dealkylation sites (N-methyl/N-ethyl adjacent to an activating group) is 1. The fourth-order valence-electron chi connectivity index (χ4n) is 5.48. The van der Waals surface area contributed by atoms with E-state index in [-0.39, 0.29) is 5.91 Å². The van der Waals surface area contributed by atoms with Gasteiger partial charge in [-0.05, 0) is 50.5 Å². The van der Waals surface area contributed by atoms with Crippen LogP contribution in [-0.4, -0.2) is 85.0 Å². The van der Waals surface area contributed by atoms with Crippen molar-refractivity contribution in [2.75, 3.05) is 52.9 Å². The summed E-state index contributed by atoms with van der Waals surface area (Å²) in [6.45, 7) is 9.41. The van der Waals surface area contributed by atoms with E-state index in [1.54, 1.807) is 0 Å². The van der Waals surface area contributed by atoms with Crippen LogP contribution >= 0.6 is 0 Å². The van der Waals surface area contributed by atoms with Gasteiger partial charge in [0.2, 0.25) is 5.91 Å². The lowest BCUT2D eigenvalue weighted by atomic mass is 9.90. The van der Waals surface area contributed by atoms with E-state index in [2.05, 4.69) is 58.3 Å². The normalized spacial score (nSPS) is 25.7. The Morgan fingerprint density at radius 2 is 1.79 bits per heavy atom. The molecule has 2 aliphatic heterocycles. The zero-order valence-electron chi connectivity index (χ0n) is 17.6. The van der Waals surface area contributed by atoms with Crippen molar-refractivity contribution in [3.05, 3.63) is 35.4 Å². The first-order valence-corrected chi connectivity index (χ1v) is 11.1. The molecule has 1 amide bonds. The molecule has 2 saturated heterocycles. The summed E-state index contributed by atoms with van der Waals surface area (Å²) in [7, 11) is 2.21. The third-order valence-electron chi connectivity index (χ3n) is 7.37. The average Bonchev–Trinajstić information content (AvgIpc) is 3.32. The maximum Gasteiger partial charge on any atom is 0.241 e. The van der Waals surface area contributed by atoms with Gasteiger partial charge in [-0.3, -0.25) is 9.69 Å². The fraction of sp³-hybridized carbons (Fsp3) is 0.696. The van der Waals surface area contributed by atoms with Crippen molar-refractivity contribution in [1.82, 2.24) is 20.0 Å². The van der Waals surface area contributed by atoms with Gasteiger partial charge in [-0.1, -0.05) is 31.2 Å². The molecule has 154 valence electrons. The fourth-order valence-corrected chi connectivity index (χ4v) is 5.48. The van der Waals surface area contributed by atoms with Crippen LogP contribution in [0, 0.1) is 0 Å². The molecule has 1 N–H and O–H groups in total. The molecular formula is C23H36N4O. The number of nitrogens with zero attached hydrogens (tertiary/aromatic N) is 3. The highest BCUT2D eigenvalue weighted by molar-refractivity contribution is 5.88. The predicted molar refractivity (Wildman–Crippen MR) is 114 cm³/mol. The molecule has 1 aliphatic carbocycles. The van der Waals surface area contributed by atoms with E-state index in [1.807, 2.05) is 0 Å². The first-order chi connectivity index (χ1) is 13.6. The van der Waals surface area contributed by atoms with Crippen molar-refractivity contribution in [2.24, 2.45) is 0 Å². The number of amides is 1. The molecule has 5 heteroatoms. The molecule has 2 fully saturated rings. The molecule has 0 unspecified atom stereocenters. The van der Waals surface area contributed by atoms with Crippen LogP contribution in [0.5, 0.6) is 0 Å². The van der Waals surface area contributed by atoms with Gasteiger partial charge in [0, 0.05) is 51.6 Å². The van der Waals surface area contributed by atoms with Gasteiger partial charge in [-0.2, -0.15) is 0 Å². The highest BCUT2D eigenvalue weighted by atomic mass is 16.2. The van der Waals surface area contributed by atoms with E-state index in [4.69, 9.17) is 0 Å². The smallest absolute Gasteiger partial charge is 0.241 e. The van der Waals surface area contributed by atoms with Crippen LogP contribution in [-0.2, 0) is 17.6 Å². The van der Waals surface area contributed by atoms with Gasteiger partial charge in [0.25, 0.3) is 0 Å². The van der Waals surface area contributed by atoms with Crippen LogP contribution in [0.4, 0.5) is 0 Å². The molecule has 0 saturated carbocycles. The number of benzene rings is 1. The minimum atomic E-state index is -0.398. The molecule has 2 heterocycles. The van der Waals surface area contributed by atoms with E-state index < -0.39 is 5.54 Å². The van der Waals surface area contributed by atoms with Gasteiger partial charge in [0.15, 0.2) is 0 Å². The Bertz CT molecular complexity index is 658. The van der Waals surface area contributed by atoms with E-state index in [0.29, 0.717) is 6.04 Å². The van der Waals surface area contributed by atoms with Gasteiger partial charge in [0.05, 0.1) is 0 Å². The summed E-state index contributed by atoms with van der Waals surface area (Å²) < 4.78 is 0. The summed E-state index contributed by atoms with van der Waals surface area (Å²) >= 11 is 0. The number of nitrogens with one attached hydrogen (secondary N) is 1. The number of carbonyl (C=O) groups excluding carboxylic acids is 1. The number of likely N-dealkylation sites (tertiary alicyclic amines) is 1. The third kappa shape index (κ3) is 3.85. The molecule has 4 rings (SSSR count). The van der Waals surface area contributed by atoms with E-state index in [1.165, 1.54) is 30.5 Å². The van der Waals surface area contributed by atoms with Crippen LogP contribution in [0.15, 0.2) is 24.3 Å². The van der Waals surface area contributed by atoms with E-state index in [9.17, 15) is 4.79 Å². The predicted octanol–water partition coefficient (Wildman–Crippen LogP) is 1.76. The summed E-state index contributed by atoms with van der Waals surface area (Å²) in [5.41, 5.74) is 2.31. The quantitative estimate of drug-likeness (QED) is 0.811. The van der Waals surface area contributed by atoms with Crippen LogP contribution < -0.4 is 5.32 Å². The highest BCUT2D eigenvalue weighted by Crippen LogP contribution is 2.35. The van der Waals surface area contributed by atoms with Crippen molar-refractivity contribution in [3.8, 4) is 0 Å². The van der Waals surface area contributed by atoms with Gasteiger partial charge in [0.1, 0.15) is 5.54 Å². The second kappa shape index (κ2) is 8.52. The molecule has 5 nitrogen and oxygen atoms in total. The molecule has 0 aromatic heterocycles. The Morgan fingerprint density at radius 3 is 2.36 bits per heavy atom. The summed E-state index contributed by atoms with van der Waals surface area (Å²) in [5.74, 6) is 0.245. The molecule has 1 aromatic rings. The zero-order chi connectivity index (χ0) is 19.6. The molecule has 1 atom stereocenters. The minimum Gasteiger partial charge on any atom is -0.354 e. The van der Waals surface area contributed by atoms with Crippen molar-refractivity contribution < 1.29 is 4.79 Å². The maximum atomic E-state index is 13.6. The summed E-state index contributed by atoms with van der Waals surface area (Å²) in [4.78, 5) is 21.0. The van der Waals surface area contributed by atoms with Crippen LogP contribution in [0.25, 0.3) is 0 Å². The zero-order valence-corrected chi connectivity index (χ0v) is 17.6. The number of hydrogen-bond acceptors (Lipinski definition) is 4. The van der Waals surface area contributed by atoms with Gasteiger partial charge >= 0.3 is 0 Å². The molecule has 3 aliphatic rings.